The van der Waals surface area contributed by atoms with Gasteiger partial charge in [0, 0.05) is 13.6 Å². The summed E-state index contributed by atoms with van der Waals surface area (Å²) < 4.78 is 13.8. The number of nitrogen functional groups attached to an aromatic ring is 1. The molecule has 0 aliphatic rings. The van der Waals surface area contributed by atoms with Gasteiger partial charge in [-0.3, -0.25) is 4.79 Å². The predicted molar refractivity (Wildman–Crippen MR) is 67.8 cm³/mol. The number of rotatable bonds is 4. The van der Waals surface area contributed by atoms with Crippen molar-refractivity contribution in [3.8, 4) is 0 Å². The Hall–Kier alpha value is -1.49. The first-order valence-electron chi connectivity index (χ1n) is 5.18. The van der Waals surface area contributed by atoms with Crippen LogP contribution in [0.1, 0.15) is 6.92 Å². The van der Waals surface area contributed by atoms with Crippen molar-refractivity contribution < 1.29 is 9.18 Å². The highest BCUT2D eigenvalue weighted by Gasteiger charge is 2.16. The van der Waals surface area contributed by atoms with E-state index in [4.69, 9.17) is 17.3 Å². The molecule has 1 aromatic rings. The monoisotopic (exact) mass is 259 g/mol. The summed E-state index contributed by atoms with van der Waals surface area (Å²) in [6.07, 6.45) is 0. The maximum Gasteiger partial charge on any atom is 0.239 e. The lowest BCUT2D eigenvalue weighted by Crippen LogP contribution is -2.35. The summed E-state index contributed by atoms with van der Waals surface area (Å²) in [5.41, 5.74) is 6.06. The molecular weight excluding hydrogens is 245 g/mol. The molecule has 3 N–H and O–H groups in total. The summed E-state index contributed by atoms with van der Waals surface area (Å²) in [5.74, 6) is -0.813. The largest absolute Gasteiger partial charge is 0.397 e. The number of nitrogens with zero attached hydrogens (tertiary/aromatic N) is 1. The van der Waals surface area contributed by atoms with E-state index in [0.29, 0.717) is 6.54 Å². The van der Waals surface area contributed by atoms with Crippen molar-refractivity contribution in [1.82, 2.24) is 5.32 Å². The van der Waals surface area contributed by atoms with Crippen LogP contribution in [0.3, 0.4) is 0 Å². The van der Waals surface area contributed by atoms with Crippen molar-refractivity contribution in [2.75, 3.05) is 30.8 Å². The highest BCUT2D eigenvalue weighted by molar-refractivity contribution is 6.31. The Morgan fingerprint density at radius 3 is 2.82 bits per heavy atom. The van der Waals surface area contributed by atoms with Gasteiger partial charge in [0.2, 0.25) is 5.91 Å². The number of anilines is 2. The number of carbonyl (C=O) groups excluding carboxylic acids is 1. The van der Waals surface area contributed by atoms with Crippen LogP contribution in [-0.2, 0) is 4.79 Å². The molecule has 0 saturated heterocycles. The fraction of sp³-hybridized carbons (Fsp3) is 0.364. The third-order valence-electron chi connectivity index (χ3n) is 2.24. The predicted octanol–water partition coefficient (Wildman–Crippen LogP) is 1.63. The molecule has 17 heavy (non-hydrogen) atoms. The molecular formula is C11H15ClFN3O. The Morgan fingerprint density at radius 1 is 1.59 bits per heavy atom. The van der Waals surface area contributed by atoms with Gasteiger partial charge in [-0.05, 0) is 19.1 Å². The molecule has 0 heterocycles. The second-order valence-electron chi connectivity index (χ2n) is 3.61. The standard InChI is InChI=1S/C11H15ClFN3O/c1-3-15-9(17)6-16(2)11-8(14)5-4-7(12)10(11)13/h4-5H,3,6,14H2,1-2H3,(H,15,17). The molecule has 0 fully saturated rings. The molecule has 0 bridgehead atoms. The molecule has 0 aliphatic heterocycles. The third kappa shape index (κ3) is 3.23. The van der Waals surface area contributed by atoms with Gasteiger partial charge in [0.1, 0.15) is 0 Å². The van der Waals surface area contributed by atoms with Gasteiger partial charge in [0.05, 0.1) is 22.9 Å². The van der Waals surface area contributed by atoms with E-state index in [1.54, 1.807) is 7.05 Å². The number of carbonyl (C=O) groups is 1. The van der Waals surface area contributed by atoms with Crippen molar-refractivity contribution in [3.05, 3.63) is 23.0 Å². The number of nitrogens with two attached hydrogens (primary N) is 1. The van der Waals surface area contributed by atoms with Gasteiger partial charge in [0.25, 0.3) is 0 Å². The summed E-state index contributed by atoms with van der Waals surface area (Å²) in [6.45, 7) is 2.36. The Morgan fingerprint density at radius 2 is 2.24 bits per heavy atom. The van der Waals surface area contributed by atoms with E-state index in [1.165, 1.54) is 17.0 Å². The topological polar surface area (TPSA) is 58.4 Å². The van der Waals surface area contributed by atoms with Gasteiger partial charge in [-0.25, -0.2) is 4.39 Å². The number of likely N-dealkylation sites (N-methyl/N-ethyl adjacent to an activating group) is 2. The van der Waals surface area contributed by atoms with Crippen LogP contribution in [0.4, 0.5) is 15.8 Å². The molecule has 94 valence electrons. The summed E-state index contributed by atoms with van der Waals surface area (Å²) in [7, 11) is 1.58. The van der Waals surface area contributed by atoms with Gasteiger partial charge in [-0.15, -0.1) is 0 Å². The average molecular weight is 260 g/mol. The van der Waals surface area contributed by atoms with Gasteiger partial charge in [-0.2, -0.15) is 0 Å². The zero-order chi connectivity index (χ0) is 13.0. The lowest BCUT2D eigenvalue weighted by atomic mass is 10.2. The van der Waals surface area contributed by atoms with Crippen LogP contribution < -0.4 is 16.0 Å². The molecule has 1 rings (SSSR count). The molecule has 1 amide bonds. The zero-order valence-corrected chi connectivity index (χ0v) is 10.5. The third-order valence-corrected chi connectivity index (χ3v) is 2.53. The SMILES string of the molecule is CCNC(=O)CN(C)c1c(N)ccc(Cl)c1F. The first-order chi connectivity index (χ1) is 7.97. The number of nitrogens with one attached hydrogen (secondary N) is 1. The fourth-order valence-electron chi connectivity index (χ4n) is 1.49. The van der Waals surface area contributed by atoms with Crippen LogP contribution >= 0.6 is 11.6 Å². The quantitative estimate of drug-likeness (QED) is 0.808. The summed E-state index contributed by atoms with van der Waals surface area (Å²) in [5, 5.41) is 2.61. The van der Waals surface area contributed by atoms with E-state index in [9.17, 15) is 9.18 Å². The molecule has 0 spiro atoms. The summed E-state index contributed by atoms with van der Waals surface area (Å²) in [6, 6.07) is 2.89. The van der Waals surface area contributed by atoms with Crippen molar-refractivity contribution in [2.24, 2.45) is 0 Å². The van der Waals surface area contributed by atoms with Crippen molar-refractivity contribution >= 4 is 28.9 Å². The van der Waals surface area contributed by atoms with Gasteiger partial charge in [0.15, 0.2) is 5.82 Å². The number of hydrogen-bond donors (Lipinski definition) is 2. The minimum atomic E-state index is -0.613. The number of amides is 1. The van der Waals surface area contributed by atoms with Crippen molar-refractivity contribution in [2.45, 2.75) is 6.92 Å². The van der Waals surface area contributed by atoms with Crippen LogP contribution in [0, 0.1) is 5.82 Å². The molecule has 0 radical (unpaired) electrons. The van der Waals surface area contributed by atoms with E-state index in [0.717, 1.165) is 0 Å². The summed E-state index contributed by atoms with van der Waals surface area (Å²) in [4.78, 5) is 12.8. The van der Waals surface area contributed by atoms with E-state index in [2.05, 4.69) is 5.32 Å². The Balaban J connectivity index is 2.92. The molecule has 6 heteroatoms. The number of benzene rings is 1. The Labute approximate surface area is 105 Å². The van der Waals surface area contributed by atoms with Crippen LogP contribution in [0.15, 0.2) is 12.1 Å². The second-order valence-corrected chi connectivity index (χ2v) is 4.02. The van der Waals surface area contributed by atoms with E-state index in [1.807, 2.05) is 6.92 Å². The van der Waals surface area contributed by atoms with Crippen LogP contribution in [-0.4, -0.2) is 26.0 Å². The maximum atomic E-state index is 13.8. The molecule has 0 aliphatic carbocycles. The number of halogens is 2. The molecule has 0 unspecified atom stereocenters. The highest BCUT2D eigenvalue weighted by Crippen LogP contribution is 2.30. The van der Waals surface area contributed by atoms with E-state index in [-0.39, 0.29) is 28.8 Å². The maximum absolute atomic E-state index is 13.8. The molecule has 0 atom stereocenters. The lowest BCUT2D eigenvalue weighted by Gasteiger charge is -2.21. The van der Waals surface area contributed by atoms with Gasteiger partial charge >= 0.3 is 0 Å². The first-order valence-corrected chi connectivity index (χ1v) is 5.56. The van der Waals surface area contributed by atoms with Gasteiger partial charge < -0.3 is 16.0 Å². The Kier molecular flexibility index (Phi) is 4.57. The highest BCUT2D eigenvalue weighted by atomic mass is 35.5. The van der Waals surface area contributed by atoms with Crippen molar-refractivity contribution in [1.29, 1.82) is 0 Å². The first kappa shape index (κ1) is 13.6. The normalized spacial score (nSPS) is 10.1. The van der Waals surface area contributed by atoms with Crippen LogP contribution in [0.2, 0.25) is 5.02 Å². The van der Waals surface area contributed by atoms with Gasteiger partial charge in [-0.1, -0.05) is 11.6 Å². The van der Waals surface area contributed by atoms with E-state index >= 15 is 0 Å². The molecule has 4 nitrogen and oxygen atoms in total. The smallest absolute Gasteiger partial charge is 0.239 e. The van der Waals surface area contributed by atoms with Crippen LogP contribution in [0.5, 0.6) is 0 Å². The molecule has 0 aromatic heterocycles. The van der Waals surface area contributed by atoms with Crippen molar-refractivity contribution in [3.63, 3.8) is 0 Å². The van der Waals surface area contributed by atoms with Crippen LogP contribution in [0.25, 0.3) is 0 Å². The second kappa shape index (κ2) is 5.72. The van der Waals surface area contributed by atoms with E-state index < -0.39 is 5.82 Å². The molecule has 0 saturated carbocycles. The summed E-state index contributed by atoms with van der Waals surface area (Å²) >= 11 is 5.67. The lowest BCUT2D eigenvalue weighted by molar-refractivity contribution is -0.119. The minimum absolute atomic E-state index is 0.0167. The fourth-order valence-corrected chi connectivity index (χ4v) is 1.64. The minimum Gasteiger partial charge on any atom is -0.397 e. The average Bonchev–Trinajstić information content (AvgIpc) is 2.24. The zero-order valence-electron chi connectivity index (χ0n) is 9.76. The number of hydrogen-bond acceptors (Lipinski definition) is 3. The molecule has 1 aromatic carbocycles. The Bertz CT molecular complexity index is 425.